The molecule has 2 aliphatic rings. The largest absolute Gasteiger partial charge is 0.356 e. The van der Waals surface area contributed by atoms with Crippen LogP contribution in [-0.4, -0.2) is 32.8 Å². The number of nitrogens with two attached hydrogens (primary N) is 1. The molecule has 0 amide bonds. The third kappa shape index (κ3) is 5.85. The molecule has 2 atom stereocenters. The van der Waals surface area contributed by atoms with E-state index in [0.29, 0.717) is 17.7 Å². The highest BCUT2D eigenvalue weighted by Gasteiger charge is 2.20. The summed E-state index contributed by atoms with van der Waals surface area (Å²) >= 11 is 0. The van der Waals surface area contributed by atoms with Crippen LogP contribution in [0, 0.1) is 23.0 Å². The van der Waals surface area contributed by atoms with Gasteiger partial charge in [-0.2, -0.15) is 15.5 Å². The Morgan fingerprint density at radius 3 is 1.84 bits per heavy atom. The molecule has 2 unspecified atom stereocenters. The van der Waals surface area contributed by atoms with E-state index in [-0.39, 0.29) is 45.2 Å². The molecule has 8 nitrogen and oxygen atoms in total. The van der Waals surface area contributed by atoms with Gasteiger partial charge in [-0.3, -0.25) is 0 Å². The lowest BCUT2D eigenvalue weighted by Crippen LogP contribution is -2.19. The van der Waals surface area contributed by atoms with Crippen LogP contribution < -0.4 is 5.73 Å². The highest BCUT2D eigenvalue weighted by atomic mass is 19.1. The molecule has 2 N–H and O–H groups in total. The second-order valence-electron chi connectivity index (χ2n) is 9.03. The highest BCUT2D eigenvalue weighted by Crippen LogP contribution is 2.28. The maximum atomic E-state index is 13.8. The number of halogens is 2. The maximum absolute atomic E-state index is 13.8. The second-order valence-corrected chi connectivity index (χ2v) is 9.03. The summed E-state index contributed by atoms with van der Waals surface area (Å²) in [5.74, 6) is -0.787. The van der Waals surface area contributed by atoms with Crippen molar-refractivity contribution in [2.45, 2.75) is 72.4 Å². The SMILES string of the molecule is C.C.N#Cc1cc2cnn(C3CCCCO3)c2cc1F.NCc1cc2cnn(C3CCCCO3)c2cc1F. The normalized spacial score (nSPS) is 19.1. The van der Waals surface area contributed by atoms with E-state index in [9.17, 15) is 8.78 Å². The molecule has 0 saturated carbocycles. The highest BCUT2D eigenvalue weighted by molar-refractivity contribution is 5.80. The first-order valence-corrected chi connectivity index (χ1v) is 12.2. The standard InChI is InChI=1S/C13H16FN3O.C13H12FN3O.2CH4/c2*14-11-6-12-10(5-9(11)7-15)8-16-17(12)13-3-1-2-4-18-13;;/h5-6,8,13H,1-4,7,15H2;5-6,8,13H,1-4H2;2*1H4. The molecular formula is C28H36F2N6O2. The zero-order valence-corrected chi connectivity index (χ0v) is 19.9. The Kier molecular flexibility index (Phi) is 9.91. The van der Waals surface area contributed by atoms with E-state index in [2.05, 4.69) is 10.2 Å². The molecular weight excluding hydrogens is 490 g/mol. The summed E-state index contributed by atoms with van der Waals surface area (Å²) in [5, 5.41) is 19.0. The molecule has 2 aromatic heterocycles. The van der Waals surface area contributed by atoms with Crippen LogP contribution in [0.1, 0.15) is 77.0 Å². The predicted molar refractivity (Wildman–Crippen MR) is 143 cm³/mol. The van der Waals surface area contributed by atoms with Gasteiger partial charge in [0.1, 0.15) is 17.7 Å². The van der Waals surface area contributed by atoms with Crippen molar-refractivity contribution in [3.63, 3.8) is 0 Å². The smallest absolute Gasteiger partial charge is 0.150 e. The molecule has 2 aliphatic heterocycles. The summed E-state index contributed by atoms with van der Waals surface area (Å²) in [4.78, 5) is 0. The second kappa shape index (κ2) is 12.9. The topological polar surface area (TPSA) is 104 Å². The minimum atomic E-state index is -0.512. The number of aromatic nitrogens is 4. The maximum Gasteiger partial charge on any atom is 0.150 e. The van der Waals surface area contributed by atoms with Crippen LogP contribution in [0.2, 0.25) is 0 Å². The van der Waals surface area contributed by atoms with E-state index < -0.39 is 5.82 Å². The Morgan fingerprint density at radius 2 is 1.37 bits per heavy atom. The van der Waals surface area contributed by atoms with Crippen molar-refractivity contribution in [3.05, 3.63) is 59.4 Å². The number of hydrogen-bond acceptors (Lipinski definition) is 6. The first-order chi connectivity index (χ1) is 17.6. The molecule has 0 spiro atoms. The number of nitrogens with zero attached hydrogens (tertiary/aromatic N) is 5. The van der Waals surface area contributed by atoms with Crippen LogP contribution in [0.15, 0.2) is 36.7 Å². The van der Waals surface area contributed by atoms with E-state index in [0.717, 1.165) is 61.4 Å². The first-order valence-electron chi connectivity index (χ1n) is 12.2. The molecule has 204 valence electrons. The van der Waals surface area contributed by atoms with Crippen LogP contribution in [0.3, 0.4) is 0 Å². The molecule has 6 rings (SSSR count). The van der Waals surface area contributed by atoms with Crippen LogP contribution in [0.4, 0.5) is 8.78 Å². The van der Waals surface area contributed by atoms with Crippen LogP contribution in [0.25, 0.3) is 21.8 Å². The lowest BCUT2D eigenvalue weighted by Gasteiger charge is -2.23. The van der Waals surface area contributed by atoms with Crippen LogP contribution in [-0.2, 0) is 16.0 Å². The van der Waals surface area contributed by atoms with Gasteiger partial charge in [0, 0.05) is 48.2 Å². The number of fused-ring (bicyclic) bond motifs is 2. The lowest BCUT2D eigenvalue weighted by molar-refractivity contribution is -0.0368. The predicted octanol–water partition coefficient (Wildman–Crippen LogP) is 6.35. The Morgan fingerprint density at radius 1 is 0.842 bits per heavy atom. The summed E-state index contributed by atoms with van der Waals surface area (Å²) in [7, 11) is 0. The fraction of sp³-hybridized carbons (Fsp3) is 0.464. The minimum Gasteiger partial charge on any atom is -0.356 e. The number of nitriles is 1. The molecule has 38 heavy (non-hydrogen) atoms. The summed E-state index contributed by atoms with van der Waals surface area (Å²) < 4.78 is 42.2. The summed E-state index contributed by atoms with van der Waals surface area (Å²) in [6.07, 6.45) is 9.36. The van der Waals surface area contributed by atoms with Crippen molar-refractivity contribution < 1.29 is 18.3 Å². The quantitative estimate of drug-likeness (QED) is 0.334. The number of rotatable bonds is 3. The third-order valence-corrected chi connectivity index (χ3v) is 6.65. The van der Waals surface area contributed by atoms with E-state index in [1.54, 1.807) is 27.8 Å². The van der Waals surface area contributed by atoms with Crippen LogP contribution in [0.5, 0.6) is 0 Å². The van der Waals surface area contributed by atoms with Gasteiger partial charge in [-0.25, -0.2) is 18.1 Å². The van der Waals surface area contributed by atoms with Crippen molar-refractivity contribution in [1.82, 2.24) is 19.6 Å². The molecule has 0 radical (unpaired) electrons. The van der Waals surface area contributed by atoms with Gasteiger partial charge in [0.05, 0.1) is 29.0 Å². The molecule has 2 saturated heterocycles. The molecule has 2 aromatic carbocycles. The zero-order chi connectivity index (χ0) is 25.1. The Bertz CT molecular complexity index is 1400. The minimum absolute atomic E-state index is 0. The molecule has 10 heteroatoms. The van der Waals surface area contributed by atoms with E-state index in [1.165, 1.54) is 18.2 Å². The van der Waals surface area contributed by atoms with E-state index >= 15 is 0 Å². The van der Waals surface area contributed by atoms with Gasteiger partial charge in [0.25, 0.3) is 0 Å². The van der Waals surface area contributed by atoms with Gasteiger partial charge in [-0.15, -0.1) is 0 Å². The fourth-order valence-corrected chi connectivity index (χ4v) is 4.72. The van der Waals surface area contributed by atoms with Gasteiger partial charge in [0.15, 0.2) is 12.5 Å². The Hall–Kier alpha value is -3.39. The summed E-state index contributed by atoms with van der Waals surface area (Å²) in [5.41, 5.74) is 7.52. The van der Waals surface area contributed by atoms with Crippen molar-refractivity contribution in [2.24, 2.45) is 5.73 Å². The van der Waals surface area contributed by atoms with E-state index in [4.69, 9.17) is 20.5 Å². The molecule has 4 heterocycles. The molecule has 4 aromatic rings. The zero-order valence-electron chi connectivity index (χ0n) is 19.9. The van der Waals surface area contributed by atoms with Gasteiger partial charge in [0.2, 0.25) is 0 Å². The molecule has 0 bridgehead atoms. The third-order valence-electron chi connectivity index (χ3n) is 6.65. The average Bonchev–Trinajstić information content (AvgIpc) is 3.52. The summed E-state index contributed by atoms with van der Waals surface area (Å²) in [6, 6.07) is 7.98. The van der Waals surface area contributed by atoms with E-state index in [1.807, 2.05) is 6.07 Å². The number of hydrogen-bond donors (Lipinski definition) is 1. The molecule has 0 aliphatic carbocycles. The Labute approximate surface area is 221 Å². The van der Waals surface area contributed by atoms with Gasteiger partial charge >= 0.3 is 0 Å². The lowest BCUT2D eigenvalue weighted by atomic mass is 10.1. The fourth-order valence-electron chi connectivity index (χ4n) is 4.72. The number of benzene rings is 2. The molecule has 2 fully saturated rings. The van der Waals surface area contributed by atoms with Crippen molar-refractivity contribution in [3.8, 4) is 6.07 Å². The summed E-state index contributed by atoms with van der Waals surface area (Å²) in [6.45, 7) is 1.66. The van der Waals surface area contributed by atoms with Crippen molar-refractivity contribution in [2.75, 3.05) is 13.2 Å². The number of ether oxygens (including phenoxy) is 2. The first kappa shape index (κ1) is 29.2. The van der Waals surface area contributed by atoms with Crippen LogP contribution >= 0.6 is 0 Å². The average molecular weight is 527 g/mol. The van der Waals surface area contributed by atoms with Crippen molar-refractivity contribution >= 4 is 21.8 Å². The van der Waals surface area contributed by atoms with Crippen molar-refractivity contribution in [1.29, 1.82) is 5.26 Å². The van der Waals surface area contributed by atoms with Gasteiger partial charge in [-0.1, -0.05) is 14.9 Å². The van der Waals surface area contributed by atoms with Gasteiger partial charge < -0.3 is 15.2 Å². The van der Waals surface area contributed by atoms with Gasteiger partial charge in [-0.05, 0) is 50.7 Å². The monoisotopic (exact) mass is 526 g/mol. The Balaban J connectivity index is 0.000000200.